The topological polar surface area (TPSA) is 67.4 Å². The van der Waals surface area contributed by atoms with E-state index < -0.39 is 17.6 Å². The minimum absolute atomic E-state index is 0.0784. The van der Waals surface area contributed by atoms with E-state index in [1.807, 2.05) is 0 Å². The van der Waals surface area contributed by atoms with Crippen molar-refractivity contribution in [3.8, 4) is 5.75 Å². The Kier molecular flexibility index (Phi) is 5.41. The van der Waals surface area contributed by atoms with Crippen LogP contribution < -0.4 is 15.6 Å². The second kappa shape index (κ2) is 7.30. The summed E-state index contributed by atoms with van der Waals surface area (Å²) in [5, 5.41) is 0.476. The molecule has 2 aromatic carbocycles. The van der Waals surface area contributed by atoms with Crippen LogP contribution in [0.2, 0.25) is 10.0 Å². The molecule has 8 heteroatoms. The predicted molar refractivity (Wildman–Crippen MR) is 84.3 cm³/mol. The smallest absolute Gasteiger partial charge is 0.272 e. The molecule has 0 saturated carbocycles. The number of benzene rings is 2. The number of carbonyl (C=O) groups is 2. The third-order valence-electron chi connectivity index (χ3n) is 2.88. The molecular weight excluding hydrogens is 346 g/mol. The van der Waals surface area contributed by atoms with Gasteiger partial charge in [0.15, 0.2) is 0 Å². The summed E-state index contributed by atoms with van der Waals surface area (Å²) in [4.78, 5) is 23.8. The minimum Gasteiger partial charge on any atom is -0.497 e. The zero-order chi connectivity index (χ0) is 17.0. The lowest BCUT2D eigenvalue weighted by Gasteiger charge is -2.10. The molecule has 0 aromatic heterocycles. The number of methoxy groups -OCH3 is 1. The lowest BCUT2D eigenvalue weighted by atomic mass is 10.2. The van der Waals surface area contributed by atoms with Gasteiger partial charge in [-0.25, -0.2) is 4.39 Å². The lowest BCUT2D eigenvalue weighted by molar-refractivity contribution is 0.0844. The van der Waals surface area contributed by atoms with Crippen LogP contribution in [0.4, 0.5) is 4.39 Å². The van der Waals surface area contributed by atoms with Crippen LogP contribution in [0.15, 0.2) is 36.4 Å². The summed E-state index contributed by atoms with van der Waals surface area (Å²) in [6.45, 7) is 0. The van der Waals surface area contributed by atoms with Crippen molar-refractivity contribution in [3.05, 3.63) is 63.4 Å². The van der Waals surface area contributed by atoms with Crippen LogP contribution in [0.25, 0.3) is 0 Å². The number of hydrogen-bond donors (Lipinski definition) is 2. The van der Waals surface area contributed by atoms with Crippen molar-refractivity contribution in [1.29, 1.82) is 0 Å². The Morgan fingerprint density at radius 2 is 1.65 bits per heavy atom. The Labute approximate surface area is 141 Å². The van der Waals surface area contributed by atoms with Gasteiger partial charge < -0.3 is 4.74 Å². The lowest BCUT2D eigenvalue weighted by Crippen LogP contribution is -2.42. The fraction of sp³-hybridized carbons (Fsp3) is 0.0667. The highest BCUT2D eigenvalue weighted by atomic mass is 35.5. The highest BCUT2D eigenvalue weighted by Gasteiger charge is 2.15. The van der Waals surface area contributed by atoms with Crippen molar-refractivity contribution >= 4 is 35.0 Å². The van der Waals surface area contributed by atoms with E-state index in [0.29, 0.717) is 5.02 Å². The number of rotatable bonds is 3. The Morgan fingerprint density at radius 3 is 2.26 bits per heavy atom. The van der Waals surface area contributed by atoms with Gasteiger partial charge in [-0.3, -0.25) is 20.4 Å². The first-order valence-electron chi connectivity index (χ1n) is 6.31. The molecule has 5 nitrogen and oxygen atoms in total. The van der Waals surface area contributed by atoms with Crippen LogP contribution in [0.3, 0.4) is 0 Å². The molecule has 23 heavy (non-hydrogen) atoms. The van der Waals surface area contributed by atoms with E-state index in [9.17, 15) is 14.0 Å². The van der Waals surface area contributed by atoms with E-state index in [1.165, 1.54) is 37.4 Å². The molecule has 0 radical (unpaired) electrons. The summed E-state index contributed by atoms with van der Waals surface area (Å²) < 4.78 is 18.6. The van der Waals surface area contributed by atoms with Gasteiger partial charge in [-0.2, -0.15) is 0 Å². The molecule has 0 heterocycles. The molecule has 0 aliphatic carbocycles. The average Bonchev–Trinajstić information content (AvgIpc) is 2.54. The van der Waals surface area contributed by atoms with Gasteiger partial charge in [-0.1, -0.05) is 23.2 Å². The van der Waals surface area contributed by atoms with E-state index in [4.69, 9.17) is 27.9 Å². The van der Waals surface area contributed by atoms with Crippen molar-refractivity contribution in [3.63, 3.8) is 0 Å². The Hall–Kier alpha value is -2.31. The molecule has 0 fully saturated rings. The van der Waals surface area contributed by atoms with Crippen LogP contribution in [0.1, 0.15) is 20.7 Å². The third kappa shape index (κ3) is 4.12. The summed E-state index contributed by atoms with van der Waals surface area (Å²) in [5.41, 5.74) is 4.07. The van der Waals surface area contributed by atoms with Gasteiger partial charge in [0.25, 0.3) is 11.8 Å². The number of hydrogen-bond acceptors (Lipinski definition) is 3. The third-order valence-corrected chi connectivity index (χ3v) is 3.45. The highest BCUT2D eigenvalue weighted by Crippen LogP contribution is 2.20. The molecule has 0 saturated heterocycles. The van der Waals surface area contributed by atoms with E-state index in [-0.39, 0.29) is 21.9 Å². The minimum atomic E-state index is -0.823. The van der Waals surface area contributed by atoms with E-state index >= 15 is 0 Å². The Balaban J connectivity index is 2.07. The average molecular weight is 357 g/mol. The molecule has 2 aromatic rings. The molecule has 2 rings (SSSR count). The SMILES string of the molecule is COc1ccc(C(=O)NNC(=O)c2cc(Cl)ccc2Cl)c(F)c1. The molecular formula is C15H11Cl2FN2O3. The molecule has 120 valence electrons. The van der Waals surface area contributed by atoms with Crippen molar-refractivity contribution in [2.75, 3.05) is 7.11 Å². The molecule has 0 aliphatic heterocycles. The molecule has 0 spiro atoms. The van der Waals surface area contributed by atoms with Crippen LogP contribution in [0, 0.1) is 5.82 Å². The maximum Gasteiger partial charge on any atom is 0.272 e. The first kappa shape index (κ1) is 17.1. The maximum atomic E-state index is 13.8. The van der Waals surface area contributed by atoms with Crippen molar-refractivity contribution in [2.45, 2.75) is 0 Å². The second-order valence-corrected chi connectivity index (χ2v) is 5.22. The zero-order valence-electron chi connectivity index (χ0n) is 11.8. The fourth-order valence-corrected chi connectivity index (χ4v) is 2.10. The van der Waals surface area contributed by atoms with Crippen LogP contribution in [-0.4, -0.2) is 18.9 Å². The quantitative estimate of drug-likeness (QED) is 0.829. The molecule has 2 N–H and O–H groups in total. The Morgan fingerprint density at radius 1 is 1.00 bits per heavy atom. The number of amides is 2. The summed E-state index contributed by atoms with van der Waals surface area (Å²) in [6.07, 6.45) is 0. The van der Waals surface area contributed by atoms with Gasteiger partial charge in [0, 0.05) is 11.1 Å². The fourth-order valence-electron chi connectivity index (χ4n) is 1.73. The van der Waals surface area contributed by atoms with Gasteiger partial charge in [0.1, 0.15) is 11.6 Å². The zero-order valence-corrected chi connectivity index (χ0v) is 13.3. The van der Waals surface area contributed by atoms with Crippen molar-refractivity contribution in [2.24, 2.45) is 0 Å². The second-order valence-electron chi connectivity index (χ2n) is 4.38. The number of carbonyl (C=O) groups excluding carboxylic acids is 2. The van der Waals surface area contributed by atoms with Crippen LogP contribution in [0.5, 0.6) is 5.75 Å². The van der Waals surface area contributed by atoms with Gasteiger partial charge in [-0.15, -0.1) is 0 Å². The van der Waals surface area contributed by atoms with Gasteiger partial charge >= 0.3 is 0 Å². The van der Waals surface area contributed by atoms with Crippen LogP contribution in [-0.2, 0) is 0 Å². The highest BCUT2D eigenvalue weighted by molar-refractivity contribution is 6.35. The first-order chi connectivity index (χ1) is 10.9. The maximum absolute atomic E-state index is 13.8. The van der Waals surface area contributed by atoms with Gasteiger partial charge in [0.2, 0.25) is 0 Å². The molecule has 0 aliphatic rings. The predicted octanol–water partition coefficient (Wildman–Crippen LogP) is 3.22. The van der Waals surface area contributed by atoms with Crippen LogP contribution >= 0.6 is 23.2 Å². The van der Waals surface area contributed by atoms with Gasteiger partial charge in [-0.05, 0) is 30.3 Å². The van der Waals surface area contributed by atoms with E-state index in [2.05, 4.69) is 10.9 Å². The summed E-state index contributed by atoms with van der Waals surface area (Å²) in [7, 11) is 1.38. The number of nitrogens with one attached hydrogen (secondary N) is 2. The summed E-state index contributed by atoms with van der Waals surface area (Å²) >= 11 is 11.7. The van der Waals surface area contributed by atoms with E-state index in [0.717, 1.165) is 6.07 Å². The molecule has 2 amide bonds. The normalized spacial score (nSPS) is 10.1. The summed E-state index contributed by atoms with van der Waals surface area (Å²) in [6, 6.07) is 8.04. The van der Waals surface area contributed by atoms with Gasteiger partial charge in [0.05, 0.1) is 23.3 Å². The van der Waals surface area contributed by atoms with Crippen molar-refractivity contribution < 1.29 is 18.7 Å². The number of halogens is 3. The Bertz CT molecular complexity index is 768. The number of hydrazine groups is 1. The standard InChI is InChI=1S/C15H11Cl2FN2O3/c1-23-9-3-4-10(13(18)7-9)14(21)19-20-15(22)11-6-8(16)2-5-12(11)17/h2-7H,1H3,(H,19,21)(H,20,22). The van der Waals surface area contributed by atoms with Crippen molar-refractivity contribution in [1.82, 2.24) is 10.9 Å². The largest absolute Gasteiger partial charge is 0.497 e. The monoisotopic (exact) mass is 356 g/mol. The first-order valence-corrected chi connectivity index (χ1v) is 7.07. The molecule has 0 atom stereocenters. The summed E-state index contributed by atoms with van der Waals surface area (Å²) in [5.74, 6) is -2.01. The molecule has 0 unspecified atom stereocenters. The van der Waals surface area contributed by atoms with E-state index in [1.54, 1.807) is 0 Å². The number of ether oxygens (including phenoxy) is 1. The molecule has 0 bridgehead atoms.